The molecule has 0 heterocycles. The summed E-state index contributed by atoms with van der Waals surface area (Å²) >= 11 is 0. The van der Waals surface area contributed by atoms with Crippen molar-refractivity contribution < 1.29 is 4.74 Å². The second-order valence-electron chi connectivity index (χ2n) is 5.01. The van der Waals surface area contributed by atoms with E-state index in [1.165, 1.54) is 5.56 Å². The van der Waals surface area contributed by atoms with E-state index in [1.807, 2.05) is 62.4 Å². The van der Waals surface area contributed by atoms with E-state index in [2.05, 4.69) is 6.07 Å². The van der Waals surface area contributed by atoms with Crippen LogP contribution >= 0.6 is 0 Å². The molecule has 2 N–H and O–H groups in total. The maximum atomic E-state index is 9.38. The van der Waals surface area contributed by atoms with E-state index >= 15 is 0 Å². The summed E-state index contributed by atoms with van der Waals surface area (Å²) in [6, 6.07) is 17.4. The average molecular weight is 266 g/mol. The number of hydrogen-bond donors (Lipinski definition) is 1. The molecule has 0 saturated heterocycles. The Bertz CT molecular complexity index is 631. The molecule has 0 bridgehead atoms. The van der Waals surface area contributed by atoms with Crippen LogP contribution in [0.5, 0.6) is 5.75 Å². The van der Waals surface area contributed by atoms with Crippen LogP contribution in [-0.4, -0.2) is 6.61 Å². The number of ether oxygens (including phenoxy) is 1. The highest BCUT2D eigenvalue weighted by Gasteiger charge is 2.28. The van der Waals surface area contributed by atoms with Crippen LogP contribution in [0.25, 0.3) is 0 Å². The number of benzene rings is 2. The van der Waals surface area contributed by atoms with Crippen LogP contribution in [0.15, 0.2) is 48.5 Å². The molecule has 102 valence electrons. The number of nitriles is 1. The van der Waals surface area contributed by atoms with Gasteiger partial charge in [0.1, 0.15) is 12.4 Å². The largest absolute Gasteiger partial charge is 0.490 e. The van der Waals surface area contributed by atoms with E-state index in [-0.39, 0.29) is 6.61 Å². The normalized spacial score (nSPS) is 13.3. The summed E-state index contributed by atoms with van der Waals surface area (Å²) in [5.74, 6) is 0.761. The highest BCUT2D eigenvalue weighted by molar-refractivity contribution is 5.37. The minimum Gasteiger partial charge on any atom is -0.490 e. The molecule has 1 unspecified atom stereocenters. The molecule has 20 heavy (non-hydrogen) atoms. The number of aryl methyl sites for hydroxylation is 2. The highest BCUT2D eigenvalue weighted by atomic mass is 16.5. The summed E-state index contributed by atoms with van der Waals surface area (Å²) in [6.07, 6.45) is 0. The molecular weight excluding hydrogens is 248 g/mol. The fourth-order valence-electron chi connectivity index (χ4n) is 2.07. The number of nitrogens with zero attached hydrogens (tertiary/aromatic N) is 1. The lowest BCUT2D eigenvalue weighted by atomic mass is 9.93. The Kier molecular flexibility index (Phi) is 4.07. The van der Waals surface area contributed by atoms with E-state index in [0.717, 1.165) is 16.9 Å². The smallest absolute Gasteiger partial charge is 0.164 e. The Morgan fingerprint density at radius 1 is 1.15 bits per heavy atom. The molecule has 0 aliphatic rings. The molecule has 1 atom stereocenters. The summed E-state index contributed by atoms with van der Waals surface area (Å²) in [4.78, 5) is 0. The maximum absolute atomic E-state index is 9.38. The fraction of sp³-hybridized carbons (Fsp3) is 0.235. The fourth-order valence-corrected chi connectivity index (χ4v) is 2.07. The van der Waals surface area contributed by atoms with Gasteiger partial charge in [-0.1, -0.05) is 48.0 Å². The first-order valence-corrected chi connectivity index (χ1v) is 6.51. The van der Waals surface area contributed by atoms with Gasteiger partial charge in [0, 0.05) is 0 Å². The Balaban J connectivity index is 2.18. The molecule has 2 aromatic rings. The number of nitrogens with two attached hydrogens (primary N) is 1. The van der Waals surface area contributed by atoms with Gasteiger partial charge in [0.15, 0.2) is 5.54 Å². The van der Waals surface area contributed by atoms with E-state index in [1.54, 1.807) is 0 Å². The molecule has 0 saturated carbocycles. The van der Waals surface area contributed by atoms with Crippen LogP contribution in [0.4, 0.5) is 0 Å². The van der Waals surface area contributed by atoms with Crippen LogP contribution in [0.1, 0.15) is 16.7 Å². The quantitative estimate of drug-likeness (QED) is 0.925. The van der Waals surface area contributed by atoms with Crippen molar-refractivity contribution in [3.05, 3.63) is 65.2 Å². The molecule has 0 aliphatic carbocycles. The molecule has 3 heteroatoms. The minimum absolute atomic E-state index is 0.122. The molecule has 3 nitrogen and oxygen atoms in total. The molecule has 0 aliphatic heterocycles. The third-order valence-electron chi connectivity index (χ3n) is 3.27. The van der Waals surface area contributed by atoms with Gasteiger partial charge in [-0.2, -0.15) is 5.26 Å². The topological polar surface area (TPSA) is 59.0 Å². The summed E-state index contributed by atoms with van der Waals surface area (Å²) in [5.41, 5.74) is 7.99. The van der Waals surface area contributed by atoms with Gasteiger partial charge in [-0.05, 0) is 31.0 Å². The Morgan fingerprint density at radius 2 is 1.85 bits per heavy atom. The van der Waals surface area contributed by atoms with Gasteiger partial charge in [0.05, 0.1) is 6.07 Å². The lowest BCUT2D eigenvalue weighted by Crippen LogP contribution is -2.41. The summed E-state index contributed by atoms with van der Waals surface area (Å²) < 4.78 is 5.75. The van der Waals surface area contributed by atoms with Crippen LogP contribution < -0.4 is 10.5 Å². The van der Waals surface area contributed by atoms with Gasteiger partial charge < -0.3 is 10.5 Å². The zero-order valence-corrected chi connectivity index (χ0v) is 11.8. The summed E-state index contributed by atoms with van der Waals surface area (Å²) in [5, 5.41) is 9.38. The second kappa shape index (κ2) is 5.77. The highest BCUT2D eigenvalue weighted by Crippen LogP contribution is 2.23. The minimum atomic E-state index is -1.14. The van der Waals surface area contributed by atoms with Crippen LogP contribution in [-0.2, 0) is 5.54 Å². The Labute approximate surface area is 119 Å². The van der Waals surface area contributed by atoms with Gasteiger partial charge in [0.2, 0.25) is 0 Å². The van der Waals surface area contributed by atoms with Crippen molar-refractivity contribution in [2.75, 3.05) is 6.61 Å². The zero-order chi connectivity index (χ0) is 14.6. The van der Waals surface area contributed by atoms with E-state index in [4.69, 9.17) is 10.5 Å². The van der Waals surface area contributed by atoms with Gasteiger partial charge in [-0.3, -0.25) is 0 Å². The average Bonchev–Trinajstić information content (AvgIpc) is 2.47. The van der Waals surface area contributed by atoms with Crippen molar-refractivity contribution in [1.29, 1.82) is 5.26 Å². The number of rotatable bonds is 4. The van der Waals surface area contributed by atoms with Gasteiger partial charge in [0.25, 0.3) is 0 Å². The SMILES string of the molecule is Cc1ccc(OCC(N)(C#N)c2ccccc2)c(C)c1. The van der Waals surface area contributed by atoms with E-state index in [0.29, 0.717) is 0 Å². The first kappa shape index (κ1) is 14.1. The van der Waals surface area contributed by atoms with Gasteiger partial charge in [-0.15, -0.1) is 0 Å². The third-order valence-corrected chi connectivity index (χ3v) is 3.27. The monoisotopic (exact) mass is 266 g/mol. The second-order valence-corrected chi connectivity index (χ2v) is 5.01. The first-order chi connectivity index (χ1) is 9.55. The van der Waals surface area contributed by atoms with Crippen molar-refractivity contribution in [3.8, 4) is 11.8 Å². The summed E-state index contributed by atoms with van der Waals surface area (Å²) in [6.45, 7) is 4.14. The van der Waals surface area contributed by atoms with Crippen molar-refractivity contribution in [1.82, 2.24) is 0 Å². The van der Waals surface area contributed by atoms with Gasteiger partial charge in [-0.25, -0.2) is 0 Å². The van der Waals surface area contributed by atoms with E-state index < -0.39 is 5.54 Å². The van der Waals surface area contributed by atoms with Crippen molar-refractivity contribution in [2.24, 2.45) is 5.73 Å². The van der Waals surface area contributed by atoms with Crippen LogP contribution in [0, 0.1) is 25.2 Å². The predicted octanol–water partition coefficient (Wildman–Crippen LogP) is 3.06. The van der Waals surface area contributed by atoms with Crippen LogP contribution in [0.2, 0.25) is 0 Å². The third kappa shape index (κ3) is 2.98. The lowest BCUT2D eigenvalue weighted by Gasteiger charge is -2.23. The number of hydrogen-bond acceptors (Lipinski definition) is 3. The Hall–Kier alpha value is -2.31. The molecule has 0 radical (unpaired) electrons. The first-order valence-electron chi connectivity index (χ1n) is 6.51. The zero-order valence-electron chi connectivity index (χ0n) is 11.8. The molecule has 0 spiro atoms. The molecular formula is C17H18N2O. The van der Waals surface area contributed by atoms with Crippen molar-refractivity contribution in [3.63, 3.8) is 0 Å². The molecule has 0 fully saturated rings. The van der Waals surface area contributed by atoms with E-state index in [9.17, 15) is 5.26 Å². The molecule has 0 aromatic heterocycles. The molecule has 2 aromatic carbocycles. The van der Waals surface area contributed by atoms with Crippen LogP contribution in [0.3, 0.4) is 0 Å². The maximum Gasteiger partial charge on any atom is 0.164 e. The molecule has 2 rings (SSSR count). The Morgan fingerprint density at radius 3 is 2.45 bits per heavy atom. The van der Waals surface area contributed by atoms with Gasteiger partial charge >= 0.3 is 0 Å². The predicted molar refractivity (Wildman–Crippen MR) is 79.3 cm³/mol. The van der Waals surface area contributed by atoms with Crippen molar-refractivity contribution >= 4 is 0 Å². The standard InChI is InChI=1S/C17H18N2O/c1-13-8-9-16(14(2)10-13)20-12-17(19,11-18)15-6-4-3-5-7-15/h3-10H,12,19H2,1-2H3. The van der Waals surface area contributed by atoms with Crippen molar-refractivity contribution in [2.45, 2.75) is 19.4 Å². The summed E-state index contributed by atoms with van der Waals surface area (Å²) in [7, 11) is 0. The lowest BCUT2D eigenvalue weighted by molar-refractivity contribution is 0.254. The molecule has 0 amide bonds.